The lowest BCUT2D eigenvalue weighted by Crippen LogP contribution is -2.49. The maximum absolute atomic E-state index is 12.6. The minimum atomic E-state index is -0.200. The van der Waals surface area contributed by atoms with Crippen molar-refractivity contribution in [1.82, 2.24) is 4.90 Å². The summed E-state index contributed by atoms with van der Waals surface area (Å²) in [7, 11) is 0. The van der Waals surface area contributed by atoms with Gasteiger partial charge in [0, 0.05) is 23.9 Å². The summed E-state index contributed by atoms with van der Waals surface area (Å²) in [5.41, 5.74) is 1.36. The van der Waals surface area contributed by atoms with Gasteiger partial charge in [-0.25, -0.2) is 0 Å². The van der Waals surface area contributed by atoms with E-state index in [4.69, 9.17) is 4.74 Å². The number of amides is 1. The molecule has 2 aromatic rings. The van der Waals surface area contributed by atoms with Crippen LogP contribution in [0.2, 0.25) is 0 Å². The quantitative estimate of drug-likeness (QED) is 0.815. The molecule has 4 nitrogen and oxygen atoms in total. The zero-order valence-corrected chi connectivity index (χ0v) is 12.9. The normalized spacial score (nSPS) is 18.2. The predicted octanol–water partition coefficient (Wildman–Crippen LogP) is 2.86. The molecule has 1 saturated heterocycles. The van der Waals surface area contributed by atoms with Crippen LogP contribution in [-0.2, 0) is 4.74 Å². The van der Waals surface area contributed by atoms with Gasteiger partial charge in [0.25, 0.3) is 5.91 Å². The van der Waals surface area contributed by atoms with Gasteiger partial charge < -0.3 is 9.64 Å². The van der Waals surface area contributed by atoms with Crippen molar-refractivity contribution < 1.29 is 14.3 Å². The topological polar surface area (TPSA) is 46.6 Å². The van der Waals surface area contributed by atoms with Crippen LogP contribution >= 0.6 is 11.3 Å². The number of thiophene rings is 1. The SMILES string of the molecule is O=C(C[C@H]1COCCN1C(=O)c1ccsc1)c1ccccc1. The first-order valence-corrected chi connectivity index (χ1v) is 8.19. The average molecular weight is 315 g/mol. The van der Waals surface area contributed by atoms with Crippen molar-refractivity contribution in [2.45, 2.75) is 12.5 Å². The number of rotatable bonds is 4. The van der Waals surface area contributed by atoms with E-state index in [-0.39, 0.29) is 17.7 Å². The fourth-order valence-electron chi connectivity index (χ4n) is 2.60. The first-order chi connectivity index (χ1) is 10.8. The average Bonchev–Trinajstić information content (AvgIpc) is 3.10. The van der Waals surface area contributed by atoms with Gasteiger partial charge in [-0.05, 0) is 11.4 Å². The molecule has 1 aliphatic rings. The second-order valence-electron chi connectivity index (χ2n) is 5.23. The Morgan fingerprint density at radius 3 is 2.73 bits per heavy atom. The van der Waals surface area contributed by atoms with Crippen LogP contribution in [0.5, 0.6) is 0 Å². The molecule has 1 aromatic heterocycles. The number of nitrogens with zero attached hydrogens (tertiary/aromatic N) is 1. The van der Waals surface area contributed by atoms with Gasteiger partial charge in [-0.15, -0.1) is 0 Å². The van der Waals surface area contributed by atoms with Crippen LogP contribution in [0.25, 0.3) is 0 Å². The Morgan fingerprint density at radius 2 is 2.00 bits per heavy atom. The number of hydrogen-bond donors (Lipinski definition) is 0. The van der Waals surface area contributed by atoms with E-state index in [2.05, 4.69) is 0 Å². The van der Waals surface area contributed by atoms with E-state index in [0.29, 0.717) is 37.3 Å². The number of carbonyl (C=O) groups is 2. The van der Waals surface area contributed by atoms with Crippen molar-refractivity contribution in [3.05, 3.63) is 58.3 Å². The highest BCUT2D eigenvalue weighted by Gasteiger charge is 2.30. The number of ether oxygens (including phenoxy) is 1. The van der Waals surface area contributed by atoms with E-state index < -0.39 is 0 Å². The first-order valence-electron chi connectivity index (χ1n) is 7.25. The number of ketones is 1. The van der Waals surface area contributed by atoms with E-state index in [9.17, 15) is 9.59 Å². The molecule has 0 saturated carbocycles. The maximum Gasteiger partial charge on any atom is 0.255 e. The number of hydrogen-bond acceptors (Lipinski definition) is 4. The predicted molar refractivity (Wildman–Crippen MR) is 85.4 cm³/mol. The van der Waals surface area contributed by atoms with Crippen LogP contribution in [0.1, 0.15) is 27.1 Å². The van der Waals surface area contributed by atoms with Crippen molar-refractivity contribution in [3.63, 3.8) is 0 Å². The summed E-state index contributed by atoms with van der Waals surface area (Å²) < 4.78 is 5.47. The van der Waals surface area contributed by atoms with Gasteiger partial charge in [0.1, 0.15) is 0 Å². The molecular formula is C17H17NO3S. The third-order valence-corrected chi connectivity index (χ3v) is 4.46. The third-order valence-electron chi connectivity index (χ3n) is 3.77. The summed E-state index contributed by atoms with van der Waals surface area (Å²) in [6.07, 6.45) is 0.292. The van der Waals surface area contributed by atoms with Crippen molar-refractivity contribution in [2.75, 3.05) is 19.8 Å². The summed E-state index contributed by atoms with van der Waals surface area (Å²) in [6.45, 7) is 1.46. The largest absolute Gasteiger partial charge is 0.377 e. The lowest BCUT2D eigenvalue weighted by Gasteiger charge is -2.35. The summed E-state index contributed by atoms with van der Waals surface area (Å²) in [5.74, 6) is 0.0228. The zero-order valence-electron chi connectivity index (χ0n) is 12.1. The third kappa shape index (κ3) is 3.26. The number of Topliss-reactive ketones (excluding diaryl/α,β-unsaturated/α-hetero) is 1. The van der Waals surface area contributed by atoms with Crippen molar-refractivity contribution in [1.29, 1.82) is 0 Å². The minimum Gasteiger partial charge on any atom is -0.377 e. The molecule has 3 rings (SSSR count). The zero-order chi connectivity index (χ0) is 15.4. The van der Waals surface area contributed by atoms with Crippen molar-refractivity contribution in [3.8, 4) is 0 Å². The Labute approximate surface area is 133 Å². The van der Waals surface area contributed by atoms with Crippen LogP contribution in [0.3, 0.4) is 0 Å². The highest BCUT2D eigenvalue weighted by molar-refractivity contribution is 7.08. The van der Waals surface area contributed by atoms with Gasteiger partial charge in [-0.2, -0.15) is 11.3 Å². The fraction of sp³-hybridized carbons (Fsp3) is 0.294. The molecule has 2 heterocycles. The van der Waals surface area contributed by atoms with Gasteiger partial charge in [0.15, 0.2) is 5.78 Å². The molecule has 5 heteroatoms. The molecule has 1 aliphatic heterocycles. The maximum atomic E-state index is 12.6. The molecule has 0 unspecified atom stereocenters. The van der Waals surface area contributed by atoms with Gasteiger partial charge in [0.2, 0.25) is 0 Å². The molecule has 22 heavy (non-hydrogen) atoms. The lowest BCUT2D eigenvalue weighted by atomic mass is 10.0. The Kier molecular flexibility index (Phi) is 4.65. The molecule has 1 amide bonds. The van der Waals surface area contributed by atoms with Gasteiger partial charge in [0.05, 0.1) is 24.8 Å². The highest BCUT2D eigenvalue weighted by Crippen LogP contribution is 2.18. The van der Waals surface area contributed by atoms with E-state index >= 15 is 0 Å². The van der Waals surface area contributed by atoms with Gasteiger partial charge >= 0.3 is 0 Å². The van der Waals surface area contributed by atoms with Gasteiger partial charge in [-0.3, -0.25) is 9.59 Å². The standard InChI is InChI=1S/C17H17NO3S/c19-16(13-4-2-1-3-5-13)10-15-11-21-8-7-18(15)17(20)14-6-9-22-12-14/h1-6,9,12,15H,7-8,10-11H2/t15-/m0/s1. The van der Waals surface area contributed by atoms with E-state index in [1.54, 1.807) is 17.0 Å². The summed E-state index contributed by atoms with van der Waals surface area (Å²) in [5, 5.41) is 3.73. The monoisotopic (exact) mass is 315 g/mol. The van der Waals surface area contributed by atoms with Gasteiger partial charge in [-0.1, -0.05) is 30.3 Å². The molecule has 1 atom stereocenters. The van der Waals surface area contributed by atoms with Crippen molar-refractivity contribution >= 4 is 23.0 Å². The first kappa shape index (κ1) is 14.9. The van der Waals surface area contributed by atoms with Crippen LogP contribution < -0.4 is 0 Å². The van der Waals surface area contributed by atoms with Crippen molar-refractivity contribution in [2.24, 2.45) is 0 Å². The molecule has 0 N–H and O–H groups in total. The molecule has 114 valence electrons. The molecule has 0 bridgehead atoms. The Morgan fingerprint density at radius 1 is 1.18 bits per heavy atom. The number of carbonyl (C=O) groups excluding carboxylic acids is 2. The second kappa shape index (κ2) is 6.85. The smallest absolute Gasteiger partial charge is 0.255 e. The summed E-state index contributed by atoms with van der Waals surface area (Å²) in [4.78, 5) is 26.7. The summed E-state index contributed by atoms with van der Waals surface area (Å²) in [6, 6.07) is 10.8. The van der Waals surface area contributed by atoms with E-state index in [0.717, 1.165) is 0 Å². The Balaban J connectivity index is 1.73. The molecule has 0 aliphatic carbocycles. The van der Waals surface area contributed by atoms with Crippen LogP contribution in [0.15, 0.2) is 47.2 Å². The van der Waals surface area contributed by atoms with E-state index in [1.807, 2.05) is 35.0 Å². The summed E-state index contributed by atoms with van der Waals surface area (Å²) >= 11 is 1.50. The number of morpholine rings is 1. The minimum absolute atomic E-state index is 0.0181. The van der Waals surface area contributed by atoms with Crippen LogP contribution in [0.4, 0.5) is 0 Å². The Hall–Kier alpha value is -1.98. The van der Waals surface area contributed by atoms with E-state index in [1.165, 1.54) is 11.3 Å². The fourth-order valence-corrected chi connectivity index (χ4v) is 3.23. The molecule has 1 fully saturated rings. The Bertz CT molecular complexity index is 639. The molecular weight excluding hydrogens is 298 g/mol. The second-order valence-corrected chi connectivity index (χ2v) is 6.01. The molecule has 0 spiro atoms. The molecule has 1 aromatic carbocycles. The number of benzene rings is 1. The molecule has 0 radical (unpaired) electrons. The lowest BCUT2D eigenvalue weighted by molar-refractivity contribution is -0.00278. The highest BCUT2D eigenvalue weighted by atomic mass is 32.1. The van der Waals surface area contributed by atoms with Crippen LogP contribution in [-0.4, -0.2) is 42.4 Å². The van der Waals surface area contributed by atoms with Crippen LogP contribution in [0, 0.1) is 0 Å².